The molecule has 0 aliphatic heterocycles. The molecule has 0 heterocycles. The van der Waals surface area contributed by atoms with Gasteiger partial charge >= 0.3 is 24.2 Å². The first kappa shape index (κ1) is 64.4. The van der Waals surface area contributed by atoms with E-state index >= 15 is 0 Å². The maximum atomic E-state index is 13.7. The lowest BCUT2D eigenvalue weighted by Crippen LogP contribution is -2.55. The molecule has 2 saturated carbocycles. The van der Waals surface area contributed by atoms with Crippen molar-refractivity contribution in [2.45, 2.75) is 179 Å². The van der Waals surface area contributed by atoms with Crippen LogP contribution in [0.1, 0.15) is 139 Å². The van der Waals surface area contributed by atoms with E-state index in [4.69, 9.17) is 15.6 Å². The molecule has 1 amide bonds. The van der Waals surface area contributed by atoms with E-state index in [1.54, 1.807) is 0 Å². The van der Waals surface area contributed by atoms with Gasteiger partial charge in [-0.3, -0.25) is 4.79 Å². The Labute approximate surface area is 445 Å². The van der Waals surface area contributed by atoms with Gasteiger partial charge in [-0.25, -0.2) is 22.4 Å². The Bertz CT molecular complexity index is 2470. The highest BCUT2D eigenvalue weighted by atomic mass is 19.4. The van der Waals surface area contributed by atoms with Gasteiger partial charge in [0.25, 0.3) is 0 Å². The van der Waals surface area contributed by atoms with Crippen molar-refractivity contribution < 1.29 is 68.8 Å². The molecule has 2 aliphatic rings. The van der Waals surface area contributed by atoms with Gasteiger partial charge in [0.1, 0.15) is 23.3 Å². The standard InChI is InChI=1S/C29H37F5N2O2.C27H38F2N2O.C2HF3O2/c1-27(2,3)17-19-8-7-9-21(12-19)28(10-5-4-6-11-28)35-18-25(37)24(36-26(38)29(32,33)34)15-20-13-22(30)16-23(31)14-20;1-26(2,3)17-19-8-7-9-21(12-19)27(10-5-4-6-11-27)31-18-25(32)24(30)15-20-13-22(28)16-23(29)14-20;3-2(4,5)1(6)7/h7-9,12-14,16,24-25,35,37H,4-6,10-11,15,17-18H2,1-3H3,(H,36,38);7-9,12-14,16,24-25,31-32H,4-6,10-11,15,17-18,30H2,1-3H3;(H,6,7)/t2*24-,25+;/m00./s1. The van der Waals surface area contributed by atoms with E-state index in [9.17, 15) is 58.9 Å². The van der Waals surface area contributed by atoms with Gasteiger partial charge in [0.05, 0.1) is 18.2 Å². The zero-order valence-corrected chi connectivity index (χ0v) is 44.7. The number of carboxylic acids is 1. The predicted octanol–water partition coefficient (Wildman–Crippen LogP) is 11.8. The monoisotopic (exact) mass is 1100 g/mol. The van der Waals surface area contributed by atoms with Crippen molar-refractivity contribution in [3.63, 3.8) is 0 Å². The molecule has 6 rings (SSSR count). The van der Waals surface area contributed by atoms with E-state index in [0.29, 0.717) is 18.2 Å². The lowest BCUT2D eigenvalue weighted by Gasteiger charge is -2.40. The van der Waals surface area contributed by atoms with Crippen LogP contribution in [0.2, 0.25) is 0 Å². The first-order valence-electron chi connectivity index (χ1n) is 26.1. The van der Waals surface area contributed by atoms with Gasteiger partial charge in [-0.2, -0.15) is 26.3 Å². The van der Waals surface area contributed by atoms with Crippen molar-refractivity contribution in [2.24, 2.45) is 16.6 Å². The van der Waals surface area contributed by atoms with Crippen molar-refractivity contribution in [3.05, 3.63) is 142 Å². The van der Waals surface area contributed by atoms with Crippen LogP contribution >= 0.6 is 0 Å². The first-order valence-corrected chi connectivity index (χ1v) is 26.1. The van der Waals surface area contributed by atoms with Crippen LogP contribution in [0.4, 0.5) is 43.9 Å². The quantitative estimate of drug-likeness (QED) is 0.0515. The Balaban J connectivity index is 0.000000299. The van der Waals surface area contributed by atoms with Gasteiger partial charge < -0.3 is 37.0 Å². The Hall–Kier alpha value is -5.08. The summed E-state index contributed by atoms with van der Waals surface area (Å²) in [6.45, 7) is 13.4. The molecule has 4 atom stereocenters. The lowest BCUT2D eigenvalue weighted by molar-refractivity contribution is -0.192. The molecule has 0 radical (unpaired) electrons. The summed E-state index contributed by atoms with van der Waals surface area (Å²) in [6, 6.07) is 21.0. The fourth-order valence-electron chi connectivity index (χ4n) is 10.2. The van der Waals surface area contributed by atoms with Crippen LogP contribution in [0.3, 0.4) is 0 Å². The van der Waals surface area contributed by atoms with Crippen LogP contribution in [0, 0.1) is 34.1 Å². The van der Waals surface area contributed by atoms with Crippen LogP contribution in [-0.2, 0) is 46.4 Å². The van der Waals surface area contributed by atoms with Crippen LogP contribution in [0.5, 0.6) is 0 Å². The molecule has 2 aliphatic carbocycles. The number of benzene rings is 4. The summed E-state index contributed by atoms with van der Waals surface area (Å²) >= 11 is 0. The number of hydrogen-bond acceptors (Lipinski definition) is 7. The average Bonchev–Trinajstić information content (AvgIpc) is 3.31. The van der Waals surface area contributed by atoms with Crippen LogP contribution < -0.4 is 21.7 Å². The number of halogens is 10. The summed E-state index contributed by atoms with van der Waals surface area (Å²) in [4.78, 5) is 20.6. The molecule has 9 nitrogen and oxygen atoms in total. The molecule has 4 aromatic carbocycles. The first-order chi connectivity index (χ1) is 35.7. The Morgan fingerprint density at radius 3 is 1.26 bits per heavy atom. The minimum atomic E-state index is -5.17. The number of rotatable bonds is 17. The van der Waals surface area contributed by atoms with Gasteiger partial charge in [-0.05, 0) is 120 Å². The number of carbonyl (C=O) groups excluding carboxylic acids is 1. The third-order valence-electron chi connectivity index (χ3n) is 13.7. The number of nitrogens with one attached hydrogen (secondary N) is 3. The minimum absolute atomic E-state index is 0.0243. The molecule has 0 aromatic heterocycles. The summed E-state index contributed by atoms with van der Waals surface area (Å²) in [6.07, 6.45) is -0.759. The van der Waals surface area contributed by atoms with E-state index < -0.39 is 77.3 Å². The highest BCUT2D eigenvalue weighted by Crippen LogP contribution is 2.40. The molecular formula is C58H76F10N4O5. The van der Waals surface area contributed by atoms with Crippen LogP contribution in [0.15, 0.2) is 84.9 Å². The molecule has 4 aromatic rings. The van der Waals surface area contributed by atoms with Gasteiger partial charge in [-0.15, -0.1) is 0 Å². The van der Waals surface area contributed by atoms with Crippen molar-refractivity contribution in [2.75, 3.05) is 13.1 Å². The van der Waals surface area contributed by atoms with Crippen LogP contribution in [-0.4, -0.2) is 76.9 Å². The molecule has 0 bridgehead atoms. The zero-order valence-electron chi connectivity index (χ0n) is 44.7. The van der Waals surface area contributed by atoms with Gasteiger partial charge in [0.2, 0.25) is 0 Å². The molecule has 77 heavy (non-hydrogen) atoms. The Morgan fingerprint density at radius 1 is 0.545 bits per heavy atom. The fourth-order valence-corrected chi connectivity index (χ4v) is 10.2. The second kappa shape index (κ2) is 27.7. The maximum Gasteiger partial charge on any atom is 0.490 e. The summed E-state index contributed by atoms with van der Waals surface area (Å²) < 4.78 is 125. The molecule has 8 N–H and O–H groups in total. The number of nitrogens with two attached hydrogens (primary N) is 1. The van der Waals surface area contributed by atoms with Crippen molar-refractivity contribution in [1.82, 2.24) is 16.0 Å². The lowest BCUT2D eigenvalue weighted by atomic mass is 9.75. The highest BCUT2D eigenvalue weighted by Gasteiger charge is 2.42. The summed E-state index contributed by atoms with van der Waals surface area (Å²) in [5, 5.41) is 37.7. The number of carbonyl (C=O) groups is 2. The second-order valence-corrected chi connectivity index (χ2v) is 23.1. The summed E-state index contributed by atoms with van der Waals surface area (Å²) in [7, 11) is 0. The highest BCUT2D eigenvalue weighted by molar-refractivity contribution is 5.82. The number of hydrogen-bond donors (Lipinski definition) is 7. The predicted molar refractivity (Wildman–Crippen MR) is 277 cm³/mol. The number of aliphatic carboxylic acids is 1. The second-order valence-electron chi connectivity index (χ2n) is 23.1. The van der Waals surface area contributed by atoms with E-state index in [-0.39, 0.29) is 41.3 Å². The number of aliphatic hydroxyl groups is 2. The third kappa shape index (κ3) is 21.6. The van der Waals surface area contributed by atoms with Crippen molar-refractivity contribution >= 4 is 11.9 Å². The maximum absolute atomic E-state index is 13.7. The van der Waals surface area contributed by atoms with Gasteiger partial charge in [-0.1, -0.05) is 129 Å². The minimum Gasteiger partial charge on any atom is -0.475 e. The summed E-state index contributed by atoms with van der Waals surface area (Å²) in [5.41, 5.74) is 11.1. The van der Waals surface area contributed by atoms with E-state index in [1.807, 2.05) is 17.4 Å². The zero-order chi connectivity index (χ0) is 57.6. The smallest absolute Gasteiger partial charge is 0.475 e. The number of alkyl halides is 6. The van der Waals surface area contributed by atoms with Crippen LogP contribution in [0.25, 0.3) is 0 Å². The Kier molecular flexibility index (Phi) is 23.2. The molecular weight excluding hydrogens is 1020 g/mol. The third-order valence-corrected chi connectivity index (χ3v) is 13.7. The van der Waals surface area contributed by atoms with E-state index in [2.05, 4.69) is 88.6 Å². The number of aliphatic hydroxyl groups excluding tert-OH is 2. The van der Waals surface area contributed by atoms with Gasteiger partial charge in [0.15, 0.2) is 0 Å². The Morgan fingerprint density at radius 2 is 0.909 bits per heavy atom. The molecule has 0 unspecified atom stereocenters. The fraction of sp³-hybridized carbons (Fsp3) is 0.552. The van der Waals surface area contributed by atoms with E-state index in [0.717, 1.165) is 94.4 Å². The van der Waals surface area contributed by atoms with Crippen molar-refractivity contribution in [3.8, 4) is 0 Å². The molecule has 19 heteroatoms. The average molecular weight is 1100 g/mol. The number of amides is 1. The molecule has 428 valence electrons. The van der Waals surface area contributed by atoms with Gasteiger partial charge in [0, 0.05) is 42.3 Å². The largest absolute Gasteiger partial charge is 0.490 e. The number of carboxylic acid groups (broad SMARTS) is 1. The SMILES string of the molecule is CC(C)(C)Cc1cccc(C2(NC[C@@H](O)[C@@H](N)Cc3cc(F)cc(F)c3)CCCCC2)c1.CC(C)(C)Cc1cccc(C2(NC[C@@H](O)[C@H](Cc3cc(F)cc(F)c3)NC(=O)C(F)(F)F)CCCCC2)c1.O=C(O)C(F)(F)F. The normalized spacial score (nSPS) is 17.3. The molecule has 2 fully saturated rings. The van der Waals surface area contributed by atoms with Crippen molar-refractivity contribution in [1.29, 1.82) is 0 Å². The molecule has 0 spiro atoms. The summed E-state index contributed by atoms with van der Waals surface area (Å²) in [5.74, 6) is -8.03. The molecule has 0 saturated heterocycles. The van der Waals surface area contributed by atoms with E-state index in [1.165, 1.54) is 35.2 Å². The topological polar surface area (TPSA) is 157 Å².